The van der Waals surface area contributed by atoms with Crippen molar-refractivity contribution in [2.24, 2.45) is 0 Å². The topological polar surface area (TPSA) is 50.5 Å². The Hall–Kier alpha value is -2.70. The van der Waals surface area contributed by atoms with E-state index in [1.54, 1.807) is 32.9 Å². The van der Waals surface area contributed by atoms with Crippen molar-refractivity contribution in [3.8, 4) is 6.07 Å². The van der Waals surface area contributed by atoms with E-state index in [0.29, 0.717) is 11.3 Å². The maximum atomic E-state index is 14.1. The largest absolute Gasteiger partial charge is 0.417 e. The van der Waals surface area contributed by atoms with E-state index >= 15 is 0 Å². The lowest BCUT2D eigenvalue weighted by Gasteiger charge is -2.33. The van der Waals surface area contributed by atoms with Crippen LogP contribution < -0.4 is 9.80 Å². The minimum Gasteiger partial charge on any atom is -0.371 e. The Balaban J connectivity index is 2.11. The Labute approximate surface area is 170 Å². The van der Waals surface area contributed by atoms with Gasteiger partial charge in [0.05, 0.1) is 22.7 Å². The van der Waals surface area contributed by atoms with E-state index in [1.165, 1.54) is 28.0 Å². The summed E-state index contributed by atoms with van der Waals surface area (Å²) in [5, 5.41) is 19.9. The first-order valence-corrected chi connectivity index (χ1v) is 8.99. The van der Waals surface area contributed by atoms with E-state index in [0.717, 1.165) is 12.1 Å². The lowest BCUT2D eigenvalue weighted by molar-refractivity contribution is -0.137. The Bertz CT molecular complexity index is 1030. The summed E-state index contributed by atoms with van der Waals surface area (Å²) in [5.74, 6) is -0.466. The van der Waals surface area contributed by atoms with Gasteiger partial charge in [-0.05, 0) is 68.9 Å². The molecule has 0 bridgehead atoms. The highest BCUT2D eigenvalue weighted by molar-refractivity contribution is 7.80. The van der Waals surface area contributed by atoms with Crippen LogP contribution in [-0.4, -0.2) is 22.0 Å². The van der Waals surface area contributed by atoms with Crippen molar-refractivity contribution in [3.05, 3.63) is 58.9 Å². The van der Waals surface area contributed by atoms with Crippen molar-refractivity contribution in [2.75, 3.05) is 9.80 Å². The number of nitriles is 1. The summed E-state index contributed by atoms with van der Waals surface area (Å²) in [6.07, 6.45) is -6.06. The van der Waals surface area contributed by atoms with E-state index in [2.05, 4.69) is 0 Å². The summed E-state index contributed by atoms with van der Waals surface area (Å²) in [6.45, 7) is 4.90. The molecule has 0 radical (unpaired) electrons. The fourth-order valence-corrected chi connectivity index (χ4v) is 3.87. The molecule has 0 aromatic heterocycles. The van der Waals surface area contributed by atoms with E-state index < -0.39 is 34.9 Å². The highest BCUT2D eigenvalue weighted by Crippen LogP contribution is 2.41. The van der Waals surface area contributed by atoms with Crippen LogP contribution in [0.15, 0.2) is 36.4 Å². The third-order valence-electron chi connectivity index (χ3n) is 4.97. The van der Waals surface area contributed by atoms with Crippen molar-refractivity contribution in [1.29, 1.82) is 5.26 Å². The molecule has 1 atom stereocenters. The molecule has 1 N–H and O–H groups in total. The summed E-state index contributed by atoms with van der Waals surface area (Å²) in [6, 6.07) is 9.08. The number of benzene rings is 2. The maximum Gasteiger partial charge on any atom is 0.417 e. The molecular formula is C20H17F4N3OS. The fourth-order valence-electron chi connectivity index (χ4n) is 3.32. The molecule has 2 aromatic rings. The Morgan fingerprint density at radius 3 is 2.31 bits per heavy atom. The summed E-state index contributed by atoms with van der Waals surface area (Å²) in [5.41, 5.74) is -1.93. The van der Waals surface area contributed by atoms with Gasteiger partial charge in [-0.1, -0.05) is 6.07 Å². The fraction of sp³-hybridized carbons (Fsp3) is 0.300. The van der Waals surface area contributed by atoms with Crippen LogP contribution >= 0.6 is 12.2 Å². The molecule has 1 heterocycles. The first-order chi connectivity index (χ1) is 13.4. The molecular weight excluding hydrogens is 406 g/mol. The molecule has 0 saturated carbocycles. The van der Waals surface area contributed by atoms with Gasteiger partial charge in [-0.25, -0.2) is 4.39 Å². The quantitative estimate of drug-likeness (QED) is 0.559. The number of thiocarbonyl (C=S) groups is 1. The van der Waals surface area contributed by atoms with Crippen LogP contribution in [0.25, 0.3) is 0 Å². The van der Waals surface area contributed by atoms with Crippen molar-refractivity contribution in [1.82, 2.24) is 0 Å². The summed E-state index contributed by atoms with van der Waals surface area (Å²) >= 11 is 5.45. The van der Waals surface area contributed by atoms with Gasteiger partial charge >= 0.3 is 6.18 Å². The van der Waals surface area contributed by atoms with Gasteiger partial charge in [-0.2, -0.15) is 18.4 Å². The number of rotatable bonds is 2. The summed E-state index contributed by atoms with van der Waals surface area (Å²) in [7, 11) is 0. The minimum absolute atomic E-state index is 0.0167. The van der Waals surface area contributed by atoms with Crippen LogP contribution in [0, 0.1) is 24.1 Å². The highest BCUT2D eigenvalue weighted by atomic mass is 32.1. The standard InChI is InChI=1S/C20H17F4N3OS/c1-11-4-6-14(9-16(11)21)27-18(29)26(17(28)19(27,2)3)13-7-5-12(10-25)15(8-13)20(22,23)24/h4-9,17,28H,1-3H3. The van der Waals surface area contributed by atoms with Crippen LogP contribution in [-0.2, 0) is 6.18 Å². The lowest BCUT2D eigenvalue weighted by Crippen LogP contribution is -2.47. The van der Waals surface area contributed by atoms with Crippen LogP contribution in [0.2, 0.25) is 0 Å². The molecule has 1 aliphatic rings. The Kier molecular flexibility index (Phi) is 5.05. The monoisotopic (exact) mass is 423 g/mol. The number of anilines is 2. The van der Waals surface area contributed by atoms with E-state index in [9.17, 15) is 22.7 Å². The molecule has 0 spiro atoms. The molecule has 4 nitrogen and oxygen atoms in total. The molecule has 1 unspecified atom stereocenters. The van der Waals surface area contributed by atoms with Crippen LogP contribution in [0.5, 0.6) is 0 Å². The zero-order valence-electron chi connectivity index (χ0n) is 15.8. The Morgan fingerprint density at radius 2 is 1.76 bits per heavy atom. The van der Waals surface area contributed by atoms with E-state index in [1.807, 2.05) is 0 Å². The maximum absolute atomic E-state index is 14.1. The van der Waals surface area contributed by atoms with Crippen molar-refractivity contribution in [3.63, 3.8) is 0 Å². The molecule has 152 valence electrons. The smallest absolute Gasteiger partial charge is 0.371 e. The number of aliphatic hydroxyl groups is 1. The second-order valence-electron chi connectivity index (χ2n) is 7.29. The number of hydrogen-bond acceptors (Lipinski definition) is 3. The predicted molar refractivity (Wildman–Crippen MR) is 105 cm³/mol. The van der Waals surface area contributed by atoms with Crippen LogP contribution in [0.1, 0.15) is 30.5 Å². The number of aliphatic hydroxyl groups excluding tert-OH is 1. The second kappa shape index (κ2) is 6.97. The van der Waals surface area contributed by atoms with Gasteiger partial charge in [0.1, 0.15) is 5.82 Å². The number of alkyl halides is 3. The third kappa shape index (κ3) is 3.43. The zero-order chi connectivity index (χ0) is 21.7. The van der Waals surface area contributed by atoms with Crippen molar-refractivity contribution in [2.45, 2.75) is 38.7 Å². The van der Waals surface area contributed by atoms with Gasteiger partial charge in [0.2, 0.25) is 0 Å². The van der Waals surface area contributed by atoms with Gasteiger partial charge in [-0.15, -0.1) is 0 Å². The highest BCUT2D eigenvalue weighted by Gasteiger charge is 2.50. The average Bonchev–Trinajstić information content (AvgIpc) is 2.81. The van der Waals surface area contributed by atoms with Crippen molar-refractivity contribution < 1.29 is 22.7 Å². The molecule has 0 aliphatic carbocycles. The predicted octanol–water partition coefficient (Wildman–Crippen LogP) is 4.73. The first-order valence-electron chi connectivity index (χ1n) is 8.58. The second-order valence-corrected chi connectivity index (χ2v) is 7.65. The van der Waals surface area contributed by atoms with Gasteiger partial charge in [-0.3, -0.25) is 4.90 Å². The average molecular weight is 423 g/mol. The van der Waals surface area contributed by atoms with Crippen LogP contribution in [0.3, 0.4) is 0 Å². The van der Waals surface area contributed by atoms with Gasteiger partial charge < -0.3 is 10.0 Å². The molecule has 29 heavy (non-hydrogen) atoms. The normalized spacial score (nSPS) is 18.9. The third-order valence-corrected chi connectivity index (χ3v) is 5.35. The number of aryl methyl sites for hydroxylation is 1. The van der Waals surface area contributed by atoms with E-state index in [-0.39, 0.29) is 10.8 Å². The molecule has 9 heteroatoms. The molecule has 1 fully saturated rings. The molecule has 3 rings (SSSR count). The summed E-state index contributed by atoms with van der Waals surface area (Å²) < 4.78 is 54.2. The SMILES string of the molecule is Cc1ccc(N2C(=S)N(c3ccc(C#N)c(C(F)(F)F)c3)C(O)C2(C)C)cc1F. The number of halogens is 4. The molecule has 0 amide bonds. The van der Waals surface area contributed by atoms with E-state index in [4.69, 9.17) is 17.5 Å². The number of nitrogens with zero attached hydrogens (tertiary/aromatic N) is 3. The first kappa shape index (κ1) is 21.0. The summed E-state index contributed by atoms with van der Waals surface area (Å²) in [4.78, 5) is 2.67. The minimum atomic E-state index is -4.75. The number of hydrogen-bond donors (Lipinski definition) is 1. The van der Waals surface area contributed by atoms with Crippen molar-refractivity contribution >= 4 is 28.7 Å². The zero-order valence-corrected chi connectivity index (χ0v) is 16.6. The lowest BCUT2D eigenvalue weighted by atomic mass is 10.0. The molecule has 1 aliphatic heterocycles. The molecule has 1 saturated heterocycles. The van der Waals surface area contributed by atoms with Crippen LogP contribution in [0.4, 0.5) is 28.9 Å². The van der Waals surface area contributed by atoms with Gasteiger partial charge in [0.15, 0.2) is 11.3 Å². The van der Waals surface area contributed by atoms with Gasteiger partial charge in [0.25, 0.3) is 0 Å². The molecule has 2 aromatic carbocycles. The van der Waals surface area contributed by atoms with Gasteiger partial charge in [0, 0.05) is 11.4 Å². The Morgan fingerprint density at radius 1 is 1.14 bits per heavy atom.